The zero-order valence-electron chi connectivity index (χ0n) is 18.3. The van der Waals surface area contributed by atoms with E-state index in [1.165, 1.54) is 5.56 Å². The fourth-order valence-corrected chi connectivity index (χ4v) is 3.93. The van der Waals surface area contributed by atoms with Gasteiger partial charge in [-0.3, -0.25) is 4.79 Å². The number of nitrogens with one attached hydrogen (secondary N) is 1. The van der Waals surface area contributed by atoms with Crippen LogP contribution in [-0.4, -0.2) is 10.5 Å². The Labute approximate surface area is 198 Å². The summed E-state index contributed by atoms with van der Waals surface area (Å²) in [5.74, 6) is -0.461. The number of anilines is 1. The molecule has 0 radical (unpaired) electrons. The highest BCUT2D eigenvalue weighted by Crippen LogP contribution is 2.26. The Morgan fingerprint density at radius 2 is 1.58 bits per heavy atom. The van der Waals surface area contributed by atoms with Gasteiger partial charge in [-0.05, 0) is 79.1 Å². The molecule has 0 aliphatic heterocycles. The predicted molar refractivity (Wildman–Crippen MR) is 134 cm³/mol. The van der Waals surface area contributed by atoms with E-state index in [2.05, 4.69) is 46.3 Å². The Bertz CT molecular complexity index is 1360. The lowest BCUT2D eigenvalue weighted by atomic mass is 10.1. The van der Waals surface area contributed by atoms with Gasteiger partial charge in [0.15, 0.2) is 0 Å². The number of aryl methyl sites for hydroxylation is 1. The number of rotatable bonds is 5. The van der Waals surface area contributed by atoms with Crippen molar-refractivity contribution in [3.63, 3.8) is 0 Å². The van der Waals surface area contributed by atoms with Crippen molar-refractivity contribution in [1.82, 2.24) is 4.57 Å². The van der Waals surface area contributed by atoms with Crippen molar-refractivity contribution in [2.45, 2.75) is 13.8 Å². The molecule has 1 aromatic heterocycles. The van der Waals surface area contributed by atoms with Crippen LogP contribution in [0.25, 0.3) is 22.9 Å². The summed E-state index contributed by atoms with van der Waals surface area (Å²) in [6.45, 7) is 3.99. The van der Waals surface area contributed by atoms with E-state index in [9.17, 15) is 10.1 Å². The highest BCUT2D eigenvalue weighted by atomic mass is 35.5. The first-order chi connectivity index (χ1) is 16.0. The van der Waals surface area contributed by atoms with Crippen LogP contribution in [0.3, 0.4) is 0 Å². The lowest BCUT2D eigenvalue weighted by Crippen LogP contribution is -2.13. The summed E-state index contributed by atoms with van der Waals surface area (Å²) in [6.07, 6.45) is 1.63. The Hall–Kier alpha value is -4.07. The third kappa shape index (κ3) is 4.90. The van der Waals surface area contributed by atoms with Gasteiger partial charge in [-0.15, -0.1) is 0 Å². The molecule has 0 saturated carbocycles. The molecule has 4 aromatic rings. The van der Waals surface area contributed by atoms with Crippen LogP contribution < -0.4 is 5.32 Å². The summed E-state index contributed by atoms with van der Waals surface area (Å²) in [5, 5.41) is 12.9. The van der Waals surface area contributed by atoms with Crippen molar-refractivity contribution < 1.29 is 4.79 Å². The van der Waals surface area contributed by atoms with Gasteiger partial charge in [-0.25, -0.2) is 0 Å². The smallest absolute Gasteiger partial charge is 0.266 e. The first-order valence-electron chi connectivity index (χ1n) is 10.5. The maximum absolute atomic E-state index is 12.6. The molecule has 1 N–H and O–H groups in total. The van der Waals surface area contributed by atoms with Gasteiger partial charge in [0.25, 0.3) is 5.91 Å². The van der Waals surface area contributed by atoms with Crippen LogP contribution in [0.15, 0.2) is 90.5 Å². The quantitative estimate of drug-likeness (QED) is 0.263. The fraction of sp³-hybridized carbons (Fsp3) is 0.0714. The van der Waals surface area contributed by atoms with E-state index >= 15 is 0 Å². The van der Waals surface area contributed by atoms with Gasteiger partial charge in [-0.1, -0.05) is 54.1 Å². The summed E-state index contributed by atoms with van der Waals surface area (Å²) >= 11 is 5.89. The molecule has 0 spiro atoms. The number of benzene rings is 3. The molecule has 0 saturated heterocycles. The van der Waals surface area contributed by atoms with Gasteiger partial charge in [0.1, 0.15) is 11.6 Å². The average Bonchev–Trinajstić information content (AvgIpc) is 3.12. The van der Waals surface area contributed by atoms with E-state index in [0.717, 1.165) is 28.2 Å². The molecule has 1 heterocycles. The first kappa shape index (κ1) is 22.1. The molecule has 0 aliphatic carbocycles. The molecule has 0 bridgehead atoms. The first-order valence-corrected chi connectivity index (χ1v) is 10.9. The zero-order chi connectivity index (χ0) is 23.4. The second-order valence-electron chi connectivity index (χ2n) is 7.71. The standard InChI is InChI=1S/C28H22ClN3O/c1-19-16-23(17-24(18-30)28(33)31-26-12-10-25(29)11-13-26)20(2)32(19)27-14-8-22(9-15-27)21-6-4-3-5-7-21/h3-17H,1-2H3,(H,31,33). The normalized spacial score (nSPS) is 11.2. The maximum Gasteiger partial charge on any atom is 0.266 e. The number of aromatic nitrogens is 1. The second-order valence-corrected chi connectivity index (χ2v) is 8.14. The minimum absolute atomic E-state index is 0.0321. The van der Waals surface area contributed by atoms with Crippen LogP contribution in [-0.2, 0) is 4.79 Å². The van der Waals surface area contributed by atoms with Crippen LogP contribution in [0, 0.1) is 25.2 Å². The van der Waals surface area contributed by atoms with E-state index in [4.69, 9.17) is 11.6 Å². The molecule has 33 heavy (non-hydrogen) atoms. The zero-order valence-corrected chi connectivity index (χ0v) is 19.1. The summed E-state index contributed by atoms with van der Waals surface area (Å²) in [4.78, 5) is 12.6. The van der Waals surface area contributed by atoms with Crippen LogP contribution >= 0.6 is 11.6 Å². The van der Waals surface area contributed by atoms with Crippen molar-refractivity contribution in [2.75, 3.05) is 5.32 Å². The number of carbonyl (C=O) groups is 1. The summed E-state index contributed by atoms with van der Waals surface area (Å²) in [7, 11) is 0. The Morgan fingerprint density at radius 1 is 0.939 bits per heavy atom. The number of halogens is 1. The lowest BCUT2D eigenvalue weighted by Gasteiger charge is -2.11. The third-order valence-electron chi connectivity index (χ3n) is 5.47. The molecule has 4 nitrogen and oxygen atoms in total. The van der Waals surface area contributed by atoms with Crippen molar-refractivity contribution >= 4 is 29.3 Å². The van der Waals surface area contributed by atoms with Gasteiger partial charge in [-0.2, -0.15) is 5.26 Å². The van der Waals surface area contributed by atoms with E-state index in [1.807, 2.05) is 44.2 Å². The molecule has 0 atom stereocenters. The van der Waals surface area contributed by atoms with Crippen molar-refractivity contribution in [1.29, 1.82) is 5.26 Å². The third-order valence-corrected chi connectivity index (χ3v) is 5.72. The van der Waals surface area contributed by atoms with Crippen molar-refractivity contribution in [3.05, 3.63) is 112 Å². The van der Waals surface area contributed by atoms with Crippen molar-refractivity contribution in [2.24, 2.45) is 0 Å². The van der Waals surface area contributed by atoms with E-state index in [1.54, 1.807) is 30.3 Å². The van der Waals surface area contributed by atoms with Gasteiger partial charge >= 0.3 is 0 Å². The molecule has 4 rings (SSSR count). The number of nitrogens with zero attached hydrogens (tertiary/aromatic N) is 2. The molecular weight excluding hydrogens is 430 g/mol. The number of hydrogen-bond donors (Lipinski definition) is 1. The number of hydrogen-bond acceptors (Lipinski definition) is 2. The highest BCUT2D eigenvalue weighted by Gasteiger charge is 2.14. The maximum atomic E-state index is 12.6. The van der Waals surface area contributed by atoms with Gasteiger partial charge in [0, 0.05) is 27.8 Å². The Balaban J connectivity index is 1.61. The molecule has 0 unspecified atom stereocenters. The van der Waals surface area contributed by atoms with Crippen molar-refractivity contribution in [3.8, 4) is 22.9 Å². The highest BCUT2D eigenvalue weighted by molar-refractivity contribution is 6.30. The fourth-order valence-electron chi connectivity index (χ4n) is 3.80. The summed E-state index contributed by atoms with van der Waals surface area (Å²) in [6, 6.07) is 29.3. The number of nitriles is 1. The minimum atomic E-state index is -0.461. The molecule has 3 aromatic carbocycles. The van der Waals surface area contributed by atoms with Crippen LogP contribution in [0.2, 0.25) is 5.02 Å². The predicted octanol–water partition coefficient (Wildman–Crippen LogP) is 6.96. The largest absolute Gasteiger partial charge is 0.321 e. The summed E-state index contributed by atoms with van der Waals surface area (Å²) in [5.41, 5.74) is 6.73. The van der Waals surface area contributed by atoms with Crippen LogP contribution in [0.4, 0.5) is 5.69 Å². The second kappa shape index (κ2) is 9.60. The van der Waals surface area contributed by atoms with Gasteiger partial charge in [0.2, 0.25) is 0 Å². The molecule has 5 heteroatoms. The average molecular weight is 452 g/mol. The molecule has 0 fully saturated rings. The monoisotopic (exact) mass is 451 g/mol. The SMILES string of the molecule is Cc1cc(C=C(C#N)C(=O)Nc2ccc(Cl)cc2)c(C)n1-c1ccc(-c2ccccc2)cc1. The molecule has 0 aliphatic rings. The van der Waals surface area contributed by atoms with Crippen LogP contribution in [0.5, 0.6) is 0 Å². The molecule has 1 amide bonds. The molecule has 162 valence electrons. The number of amides is 1. The summed E-state index contributed by atoms with van der Waals surface area (Å²) < 4.78 is 2.12. The topological polar surface area (TPSA) is 57.8 Å². The number of carbonyl (C=O) groups excluding carboxylic acids is 1. The van der Waals surface area contributed by atoms with Gasteiger partial charge < -0.3 is 9.88 Å². The Kier molecular flexibility index (Phi) is 6.44. The lowest BCUT2D eigenvalue weighted by molar-refractivity contribution is -0.112. The molecular formula is C28H22ClN3O. The van der Waals surface area contributed by atoms with Gasteiger partial charge in [0.05, 0.1) is 0 Å². The van der Waals surface area contributed by atoms with Crippen LogP contribution in [0.1, 0.15) is 17.0 Å². The minimum Gasteiger partial charge on any atom is -0.321 e. The van der Waals surface area contributed by atoms with E-state index < -0.39 is 5.91 Å². The Morgan fingerprint density at radius 3 is 2.21 bits per heavy atom. The van der Waals surface area contributed by atoms with E-state index in [-0.39, 0.29) is 5.57 Å². The van der Waals surface area contributed by atoms with E-state index in [0.29, 0.717) is 10.7 Å².